The van der Waals surface area contributed by atoms with E-state index in [0.29, 0.717) is 19.0 Å². The van der Waals surface area contributed by atoms with Gasteiger partial charge in [0.2, 0.25) is 5.88 Å². The van der Waals surface area contributed by atoms with Crippen LogP contribution in [0.25, 0.3) is 0 Å². The second-order valence-electron chi connectivity index (χ2n) is 3.36. The smallest absolute Gasteiger partial charge is 0.215 e. The minimum absolute atomic E-state index is 0.594. The molecule has 2 heterocycles. The third kappa shape index (κ3) is 3.41. The molecule has 0 bridgehead atoms. The van der Waals surface area contributed by atoms with Crippen molar-refractivity contribution < 1.29 is 4.74 Å². The van der Waals surface area contributed by atoms with Gasteiger partial charge in [0.25, 0.3) is 0 Å². The van der Waals surface area contributed by atoms with E-state index in [1.807, 2.05) is 37.3 Å². The largest absolute Gasteiger partial charge is 0.478 e. The van der Waals surface area contributed by atoms with Crippen LogP contribution in [0.4, 0.5) is 5.82 Å². The highest BCUT2D eigenvalue weighted by Gasteiger charge is 1.98. The molecule has 0 amide bonds. The SMILES string of the molecule is CCOc1cccc(NCc2cccnn2)n1. The molecule has 2 rings (SSSR count). The van der Waals surface area contributed by atoms with Gasteiger partial charge in [-0.2, -0.15) is 15.2 Å². The summed E-state index contributed by atoms with van der Waals surface area (Å²) in [5.41, 5.74) is 0.871. The molecule has 0 fully saturated rings. The zero-order valence-corrected chi connectivity index (χ0v) is 9.63. The van der Waals surface area contributed by atoms with Crippen molar-refractivity contribution in [1.82, 2.24) is 15.2 Å². The molecule has 0 aliphatic carbocycles. The zero-order chi connectivity index (χ0) is 11.9. The summed E-state index contributed by atoms with van der Waals surface area (Å²) in [5, 5.41) is 11.0. The van der Waals surface area contributed by atoms with Gasteiger partial charge in [0, 0.05) is 12.3 Å². The number of hydrogen-bond donors (Lipinski definition) is 1. The highest BCUT2D eigenvalue weighted by Crippen LogP contribution is 2.11. The van der Waals surface area contributed by atoms with Crippen molar-refractivity contribution in [2.24, 2.45) is 0 Å². The minimum Gasteiger partial charge on any atom is -0.478 e. The standard InChI is InChI=1S/C12H14N4O/c1-2-17-12-7-3-6-11(15-12)13-9-10-5-4-8-14-16-10/h3-8H,2,9H2,1H3,(H,13,15). The van der Waals surface area contributed by atoms with Crippen LogP contribution < -0.4 is 10.1 Å². The van der Waals surface area contributed by atoms with Crippen LogP contribution in [0.2, 0.25) is 0 Å². The van der Waals surface area contributed by atoms with Gasteiger partial charge < -0.3 is 10.1 Å². The molecule has 0 saturated heterocycles. The van der Waals surface area contributed by atoms with Crippen molar-refractivity contribution >= 4 is 5.82 Å². The first-order valence-corrected chi connectivity index (χ1v) is 5.49. The van der Waals surface area contributed by atoms with Crippen LogP contribution in [0.5, 0.6) is 5.88 Å². The molecule has 17 heavy (non-hydrogen) atoms. The van der Waals surface area contributed by atoms with Crippen molar-refractivity contribution in [2.75, 3.05) is 11.9 Å². The number of nitrogens with one attached hydrogen (secondary N) is 1. The molecule has 0 saturated carbocycles. The second-order valence-corrected chi connectivity index (χ2v) is 3.36. The average molecular weight is 230 g/mol. The molecular weight excluding hydrogens is 216 g/mol. The highest BCUT2D eigenvalue weighted by molar-refractivity contribution is 5.37. The zero-order valence-electron chi connectivity index (χ0n) is 9.63. The Bertz CT molecular complexity index is 461. The molecule has 0 radical (unpaired) electrons. The number of rotatable bonds is 5. The Morgan fingerprint density at radius 2 is 2.18 bits per heavy atom. The Morgan fingerprint density at radius 1 is 1.24 bits per heavy atom. The number of pyridine rings is 1. The molecule has 0 unspecified atom stereocenters. The predicted octanol–water partition coefficient (Wildman–Crippen LogP) is 1.88. The Balaban J connectivity index is 1.97. The van der Waals surface area contributed by atoms with Gasteiger partial charge in [-0.1, -0.05) is 6.07 Å². The number of ether oxygens (including phenoxy) is 1. The molecular formula is C12H14N4O. The lowest BCUT2D eigenvalue weighted by Crippen LogP contribution is -2.04. The summed E-state index contributed by atoms with van der Waals surface area (Å²) in [4.78, 5) is 4.30. The fourth-order valence-corrected chi connectivity index (χ4v) is 1.35. The fraction of sp³-hybridized carbons (Fsp3) is 0.250. The molecule has 1 N–H and O–H groups in total. The first-order valence-electron chi connectivity index (χ1n) is 5.49. The van der Waals surface area contributed by atoms with E-state index >= 15 is 0 Å². The molecule has 0 atom stereocenters. The maximum Gasteiger partial charge on any atom is 0.215 e. The van der Waals surface area contributed by atoms with Crippen LogP contribution in [0.1, 0.15) is 12.6 Å². The van der Waals surface area contributed by atoms with Crippen LogP contribution in [0, 0.1) is 0 Å². The third-order valence-corrected chi connectivity index (χ3v) is 2.09. The van der Waals surface area contributed by atoms with E-state index in [2.05, 4.69) is 20.5 Å². The van der Waals surface area contributed by atoms with Crippen molar-refractivity contribution in [3.8, 4) is 5.88 Å². The summed E-state index contributed by atoms with van der Waals surface area (Å²) in [6, 6.07) is 9.38. The van der Waals surface area contributed by atoms with Crippen LogP contribution in [-0.2, 0) is 6.54 Å². The van der Waals surface area contributed by atoms with Crippen LogP contribution in [0.3, 0.4) is 0 Å². The number of anilines is 1. The molecule has 88 valence electrons. The summed E-state index contributed by atoms with van der Waals surface area (Å²) in [7, 11) is 0. The van der Waals surface area contributed by atoms with Gasteiger partial charge in [-0.25, -0.2) is 0 Å². The lowest BCUT2D eigenvalue weighted by Gasteiger charge is -2.06. The van der Waals surface area contributed by atoms with Crippen LogP contribution in [-0.4, -0.2) is 21.8 Å². The summed E-state index contributed by atoms with van der Waals surface area (Å²) in [6.07, 6.45) is 1.65. The normalized spacial score (nSPS) is 9.94. The lowest BCUT2D eigenvalue weighted by molar-refractivity contribution is 0.327. The summed E-state index contributed by atoms with van der Waals surface area (Å²) < 4.78 is 5.32. The Labute approximate surface area is 99.9 Å². The molecule has 5 nitrogen and oxygen atoms in total. The molecule has 2 aromatic heterocycles. The van der Waals surface area contributed by atoms with Gasteiger partial charge in [-0.3, -0.25) is 0 Å². The van der Waals surface area contributed by atoms with Crippen molar-refractivity contribution in [2.45, 2.75) is 13.5 Å². The van der Waals surface area contributed by atoms with Crippen LogP contribution in [0.15, 0.2) is 36.5 Å². The number of aromatic nitrogens is 3. The fourth-order valence-electron chi connectivity index (χ4n) is 1.35. The quantitative estimate of drug-likeness (QED) is 0.849. The Kier molecular flexibility index (Phi) is 3.85. The number of hydrogen-bond acceptors (Lipinski definition) is 5. The van der Waals surface area contributed by atoms with E-state index in [0.717, 1.165) is 11.5 Å². The molecule has 5 heteroatoms. The molecule has 0 aromatic carbocycles. The van der Waals surface area contributed by atoms with E-state index in [4.69, 9.17) is 4.74 Å². The Hall–Kier alpha value is -2.17. The van der Waals surface area contributed by atoms with Crippen molar-refractivity contribution in [3.63, 3.8) is 0 Å². The maximum atomic E-state index is 5.32. The molecule has 2 aromatic rings. The molecule has 0 spiro atoms. The van der Waals surface area contributed by atoms with Crippen molar-refractivity contribution in [3.05, 3.63) is 42.2 Å². The first kappa shape index (κ1) is 11.3. The van der Waals surface area contributed by atoms with E-state index in [1.54, 1.807) is 6.20 Å². The minimum atomic E-state index is 0.594. The molecule has 0 aliphatic heterocycles. The highest BCUT2D eigenvalue weighted by atomic mass is 16.5. The monoisotopic (exact) mass is 230 g/mol. The van der Waals surface area contributed by atoms with E-state index < -0.39 is 0 Å². The first-order chi connectivity index (χ1) is 8.38. The topological polar surface area (TPSA) is 59.9 Å². The lowest BCUT2D eigenvalue weighted by atomic mass is 10.4. The van der Waals surface area contributed by atoms with Gasteiger partial charge in [0.15, 0.2) is 0 Å². The van der Waals surface area contributed by atoms with E-state index in [-0.39, 0.29) is 0 Å². The van der Waals surface area contributed by atoms with E-state index in [1.165, 1.54) is 0 Å². The van der Waals surface area contributed by atoms with E-state index in [9.17, 15) is 0 Å². The van der Waals surface area contributed by atoms with Crippen molar-refractivity contribution in [1.29, 1.82) is 0 Å². The third-order valence-electron chi connectivity index (χ3n) is 2.09. The Morgan fingerprint density at radius 3 is 2.94 bits per heavy atom. The van der Waals surface area contributed by atoms with Crippen LogP contribution >= 0.6 is 0 Å². The summed E-state index contributed by atoms with van der Waals surface area (Å²) in [6.45, 7) is 3.14. The maximum absolute atomic E-state index is 5.32. The van der Waals surface area contributed by atoms with Gasteiger partial charge >= 0.3 is 0 Å². The summed E-state index contributed by atoms with van der Waals surface area (Å²) >= 11 is 0. The van der Waals surface area contributed by atoms with Gasteiger partial charge in [-0.05, 0) is 25.1 Å². The predicted molar refractivity (Wildman–Crippen MR) is 64.8 cm³/mol. The average Bonchev–Trinajstić information content (AvgIpc) is 2.39. The van der Waals surface area contributed by atoms with Gasteiger partial charge in [0.05, 0.1) is 18.8 Å². The van der Waals surface area contributed by atoms with Gasteiger partial charge in [0.1, 0.15) is 5.82 Å². The van der Waals surface area contributed by atoms with Gasteiger partial charge in [-0.15, -0.1) is 0 Å². The second kappa shape index (κ2) is 5.79. The number of nitrogens with zero attached hydrogens (tertiary/aromatic N) is 3. The molecule has 0 aliphatic rings. The summed E-state index contributed by atoms with van der Waals surface area (Å²) in [5.74, 6) is 1.39.